The van der Waals surface area contributed by atoms with Crippen LogP contribution in [-0.4, -0.2) is 13.3 Å². The number of hydrogen-bond acceptors (Lipinski definition) is 5. The molecule has 0 aromatic heterocycles. The first-order valence-corrected chi connectivity index (χ1v) is 7.57. The standard InChI is InChI=1S/C13H12N2O5S/c14-21(18,19)9-10-6-7-11(15(16)17)8-13(10)20-12-4-2-1-3-5-12/h1-8H,9H2,(H2,14,18,19). The third-order valence-corrected chi connectivity index (χ3v) is 3.30. The van der Waals surface area contributed by atoms with Crippen LogP contribution in [0.3, 0.4) is 0 Å². The van der Waals surface area contributed by atoms with Crippen molar-refractivity contribution in [2.75, 3.05) is 0 Å². The van der Waals surface area contributed by atoms with Crippen LogP contribution >= 0.6 is 0 Å². The fraction of sp³-hybridized carbons (Fsp3) is 0.0769. The lowest BCUT2D eigenvalue weighted by molar-refractivity contribution is -0.384. The van der Waals surface area contributed by atoms with Gasteiger partial charge in [0.1, 0.15) is 11.5 Å². The number of benzene rings is 2. The molecule has 8 heteroatoms. The first-order chi connectivity index (χ1) is 9.85. The quantitative estimate of drug-likeness (QED) is 0.672. The van der Waals surface area contributed by atoms with Crippen molar-refractivity contribution in [1.29, 1.82) is 0 Å². The maximum atomic E-state index is 11.2. The van der Waals surface area contributed by atoms with Gasteiger partial charge in [-0.05, 0) is 18.2 Å². The Balaban J connectivity index is 2.43. The van der Waals surface area contributed by atoms with Gasteiger partial charge in [0.15, 0.2) is 0 Å². The highest BCUT2D eigenvalue weighted by molar-refractivity contribution is 7.88. The molecule has 0 fully saturated rings. The van der Waals surface area contributed by atoms with E-state index in [4.69, 9.17) is 9.88 Å². The number of nitro benzene ring substituents is 1. The van der Waals surface area contributed by atoms with E-state index in [2.05, 4.69) is 0 Å². The maximum absolute atomic E-state index is 11.2. The lowest BCUT2D eigenvalue weighted by atomic mass is 10.2. The van der Waals surface area contributed by atoms with Crippen LogP contribution < -0.4 is 9.88 Å². The van der Waals surface area contributed by atoms with Crippen LogP contribution in [0.15, 0.2) is 48.5 Å². The SMILES string of the molecule is NS(=O)(=O)Cc1ccc([N+](=O)[O-])cc1Oc1ccccc1. The smallest absolute Gasteiger partial charge is 0.273 e. The minimum Gasteiger partial charge on any atom is -0.457 e. The van der Waals surface area contributed by atoms with Crippen molar-refractivity contribution >= 4 is 15.7 Å². The molecule has 0 radical (unpaired) electrons. The predicted octanol–water partition coefficient (Wildman–Crippen LogP) is 2.18. The summed E-state index contributed by atoms with van der Waals surface area (Å²) < 4.78 is 27.9. The summed E-state index contributed by atoms with van der Waals surface area (Å²) in [5.41, 5.74) is 0.0612. The third kappa shape index (κ3) is 4.26. The number of sulfonamides is 1. The molecule has 2 aromatic rings. The van der Waals surface area contributed by atoms with Gasteiger partial charge in [-0.1, -0.05) is 18.2 Å². The van der Waals surface area contributed by atoms with Gasteiger partial charge in [0.25, 0.3) is 5.69 Å². The molecule has 0 aliphatic carbocycles. The molecule has 2 N–H and O–H groups in total. The Morgan fingerprint density at radius 2 is 1.81 bits per heavy atom. The molecule has 0 aliphatic rings. The number of hydrogen-bond donors (Lipinski definition) is 1. The lowest BCUT2D eigenvalue weighted by Crippen LogP contribution is -2.15. The van der Waals surface area contributed by atoms with Gasteiger partial charge < -0.3 is 4.74 Å². The van der Waals surface area contributed by atoms with Crippen molar-refractivity contribution in [2.45, 2.75) is 5.75 Å². The Kier molecular flexibility index (Phi) is 4.20. The average Bonchev–Trinajstić information content (AvgIpc) is 2.40. The summed E-state index contributed by atoms with van der Waals surface area (Å²) in [7, 11) is -3.77. The predicted molar refractivity (Wildman–Crippen MR) is 76.4 cm³/mol. The van der Waals surface area contributed by atoms with Crippen LogP contribution in [0.2, 0.25) is 0 Å². The molecule has 2 rings (SSSR count). The topological polar surface area (TPSA) is 113 Å². The highest BCUT2D eigenvalue weighted by Crippen LogP contribution is 2.30. The molecule has 0 saturated heterocycles. The van der Waals surface area contributed by atoms with E-state index in [0.717, 1.165) is 0 Å². The number of rotatable bonds is 5. The molecule has 7 nitrogen and oxygen atoms in total. The fourth-order valence-electron chi connectivity index (χ4n) is 1.70. The minimum absolute atomic E-state index is 0.0874. The average molecular weight is 308 g/mol. The molecular weight excluding hydrogens is 296 g/mol. The number of non-ortho nitro benzene ring substituents is 1. The molecule has 0 atom stereocenters. The van der Waals surface area contributed by atoms with Crippen molar-refractivity contribution in [3.8, 4) is 11.5 Å². The molecule has 110 valence electrons. The Labute approximate surface area is 121 Å². The Bertz CT molecular complexity index is 759. The van der Waals surface area contributed by atoms with E-state index in [9.17, 15) is 18.5 Å². The van der Waals surface area contributed by atoms with Gasteiger partial charge in [0.2, 0.25) is 10.0 Å². The van der Waals surface area contributed by atoms with Crippen molar-refractivity contribution < 1.29 is 18.1 Å². The number of nitrogens with zero attached hydrogens (tertiary/aromatic N) is 1. The molecule has 0 unspecified atom stereocenters. The second-order valence-electron chi connectivity index (χ2n) is 4.27. The second-order valence-corrected chi connectivity index (χ2v) is 5.89. The minimum atomic E-state index is -3.77. The summed E-state index contributed by atoms with van der Waals surface area (Å²) in [4.78, 5) is 10.2. The molecule has 0 saturated carbocycles. The molecule has 0 heterocycles. The monoisotopic (exact) mass is 308 g/mol. The Morgan fingerprint density at radius 3 is 2.38 bits per heavy atom. The van der Waals surface area contributed by atoms with Gasteiger partial charge in [0, 0.05) is 11.6 Å². The van der Waals surface area contributed by atoms with Crippen LogP contribution in [0, 0.1) is 10.1 Å². The molecular formula is C13H12N2O5S. The zero-order valence-corrected chi connectivity index (χ0v) is 11.6. The highest BCUT2D eigenvalue weighted by atomic mass is 32.2. The van der Waals surface area contributed by atoms with Gasteiger partial charge >= 0.3 is 0 Å². The molecule has 0 aliphatic heterocycles. The van der Waals surface area contributed by atoms with Crippen LogP contribution in [0.25, 0.3) is 0 Å². The van der Waals surface area contributed by atoms with Crippen LogP contribution in [-0.2, 0) is 15.8 Å². The van der Waals surface area contributed by atoms with Crippen LogP contribution in [0.1, 0.15) is 5.56 Å². The van der Waals surface area contributed by atoms with Gasteiger partial charge in [-0.15, -0.1) is 0 Å². The van der Waals surface area contributed by atoms with E-state index < -0.39 is 20.7 Å². The van der Waals surface area contributed by atoms with E-state index in [0.29, 0.717) is 5.75 Å². The van der Waals surface area contributed by atoms with Crippen LogP contribution in [0.4, 0.5) is 5.69 Å². The molecule has 0 amide bonds. The summed E-state index contributed by atoms with van der Waals surface area (Å²) in [5, 5.41) is 15.8. The number of nitrogens with two attached hydrogens (primary N) is 1. The van der Waals surface area contributed by atoms with E-state index in [-0.39, 0.29) is 17.0 Å². The van der Waals surface area contributed by atoms with E-state index >= 15 is 0 Å². The van der Waals surface area contributed by atoms with Crippen molar-refractivity contribution in [3.05, 3.63) is 64.2 Å². The third-order valence-electron chi connectivity index (χ3n) is 2.59. The Morgan fingerprint density at radius 1 is 1.14 bits per heavy atom. The fourth-order valence-corrected chi connectivity index (χ4v) is 2.38. The molecule has 0 bridgehead atoms. The maximum Gasteiger partial charge on any atom is 0.273 e. The van der Waals surface area contributed by atoms with Crippen molar-refractivity contribution in [2.24, 2.45) is 5.14 Å². The number of nitro groups is 1. The number of para-hydroxylation sites is 1. The zero-order chi connectivity index (χ0) is 15.5. The summed E-state index contributed by atoms with van der Waals surface area (Å²) in [6.07, 6.45) is 0. The van der Waals surface area contributed by atoms with E-state index in [1.807, 2.05) is 0 Å². The van der Waals surface area contributed by atoms with Gasteiger partial charge in [-0.3, -0.25) is 10.1 Å². The van der Waals surface area contributed by atoms with Crippen molar-refractivity contribution in [3.63, 3.8) is 0 Å². The largest absolute Gasteiger partial charge is 0.457 e. The normalized spacial score (nSPS) is 11.1. The summed E-state index contributed by atoms with van der Waals surface area (Å²) >= 11 is 0. The summed E-state index contributed by atoms with van der Waals surface area (Å²) in [5.74, 6) is 0.0609. The first kappa shape index (κ1) is 14.9. The number of ether oxygens (including phenoxy) is 1. The lowest BCUT2D eigenvalue weighted by Gasteiger charge is -2.10. The van der Waals surface area contributed by atoms with Crippen molar-refractivity contribution in [1.82, 2.24) is 0 Å². The zero-order valence-electron chi connectivity index (χ0n) is 10.8. The molecule has 21 heavy (non-hydrogen) atoms. The van der Waals surface area contributed by atoms with Gasteiger partial charge in [-0.25, -0.2) is 13.6 Å². The summed E-state index contributed by atoms with van der Waals surface area (Å²) in [6.45, 7) is 0. The van der Waals surface area contributed by atoms with Gasteiger partial charge in [-0.2, -0.15) is 0 Å². The summed E-state index contributed by atoms with van der Waals surface area (Å²) in [6, 6.07) is 12.2. The number of primary sulfonamides is 1. The van der Waals surface area contributed by atoms with E-state index in [1.165, 1.54) is 18.2 Å². The van der Waals surface area contributed by atoms with E-state index in [1.54, 1.807) is 30.3 Å². The molecule has 0 spiro atoms. The second kappa shape index (κ2) is 5.90. The highest BCUT2D eigenvalue weighted by Gasteiger charge is 2.16. The van der Waals surface area contributed by atoms with Crippen LogP contribution in [0.5, 0.6) is 11.5 Å². The Hall–Kier alpha value is -2.45. The molecule has 2 aromatic carbocycles. The first-order valence-electron chi connectivity index (χ1n) is 5.86. The van der Waals surface area contributed by atoms with Gasteiger partial charge in [0.05, 0.1) is 16.7 Å².